The summed E-state index contributed by atoms with van der Waals surface area (Å²) in [6, 6.07) is 14.8. The molecule has 4 heteroatoms. The molecule has 0 aliphatic carbocycles. The maximum Gasteiger partial charge on any atom is 0.341 e. The Bertz CT molecular complexity index is 596. The van der Waals surface area contributed by atoms with Gasteiger partial charge in [-0.15, -0.1) is 0 Å². The Kier molecular flexibility index (Phi) is 5.21. The molecule has 0 aromatic heterocycles. The molecule has 21 heavy (non-hydrogen) atoms. The highest BCUT2D eigenvalue weighted by atomic mass is 16.5. The molecule has 2 aromatic rings. The van der Waals surface area contributed by atoms with Gasteiger partial charge in [0.1, 0.15) is 11.3 Å². The van der Waals surface area contributed by atoms with Crippen molar-refractivity contribution in [3.8, 4) is 5.75 Å². The molecule has 0 radical (unpaired) electrons. The number of phenolic OH excluding ortho intramolecular Hbond substituents is 1. The second-order valence-electron chi connectivity index (χ2n) is 4.71. The zero-order chi connectivity index (χ0) is 15.1. The van der Waals surface area contributed by atoms with Gasteiger partial charge in [-0.2, -0.15) is 0 Å². The van der Waals surface area contributed by atoms with Gasteiger partial charge in [-0.25, -0.2) is 4.79 Å². The third-order valence-electron chi connectivity index (χ3n) is 3.19. The van der Waals surface area contributed by atoms with E-state index in [1.54, 1.807) is 19.2 Å². The fraction of sp³-hybridized carbons (Fsp3) is 0.235. The summed E-state index contributed by atoms with van der Waals surface area (Å²) < 4.78 is 5.18. The molecule has 0 saturated heterocycles. The average molecular weight is 285 g/mol. The van der Waals surface area contributed by atoms with E-state index in [-0.39, 0.29) is 11.3 Å². The zero-order valence-electron chi connectivity index (χ0n) is 12.0. The van der Waals surface area contributed by atoms with Crippen molar-refractivity contribution in [1.29, 1.82) is 0 Å². The van der Waals surface area contributed by atoms with E-state index in [4.69, 9.17) is 4.74 Å². The number of esters is 1. The summed E-state index contributed by atoms with van der Waals surface area (Å²) in [5.74, 6) is -0.571. The third-order valence-corrected chi connectivity index (χ3v) is 3.19. The Morgan fingerprint density at radius 2 is 1.95 bits per heavy atom. The van der Waals surface area contributed by atoms with Crippen LogP contribution in [0.3, 0.4) is 0 Å². The van der Waals surface area contributed by atoms with E-state index in [1.165, 1.54) is 11.6 Å². The molecule has 4 nitrogen and oxygen atoms in total. The summed E-state index contributed by atoms with van der Waals surface area (Å²) in [7, 11) is 1.75. The lowest BCUT2D eigenvalue weighted by atomic mass is 10.1. The van der Waals surface area contributed by atoms with Gasteiger partial charge in [-0.05, 0) is 30.5 Å². The zero-order valence-corrected chi connectivity index (χ0v) is 12.0. The predicted molar refractivity (Wildman–Crippen MR) is 82.7 cm³/mol. The normalized spacial score (nSPS) is 10.1. The van der Waals surface area contributed by atoms with E-state index >= 15 is 0 Å². The first-order valence-electron chi connectivity index (χ1n) is 6.92. The number of nitrogens with one attached hydrogen (secondary N) is 1. The molecule has 0 heterocycles. The molecule has 0 fully saturated rings. The van der Waals surface area contributed by atoms with Crippen LogP contribution in [0.5, 0.6) is 5.75 Å². The molecule has 110 valence electrons. The maximum atomic E-state index is 11.9. The van der Waals surface area contributed by atoms with Gasteiger partial charge in [0.2, 0.25) is 0 Å². The lowest BCUT2D eigenvalue weighted by Crippen LogP contribution is -2.07. The van der Waals surface area contributed by atoms with Crippen molar-refractivity contribution in [1.82, 2.24) is 0 Å². The molecule has 2 aromatic carbocycles. The third kappa shape index (κ3) is 4.24. The second kappa shape index (κ2) is 7.33. The quantitative estimate of drug-likeness (QED) is 0.632. The Morgan fingerprint density at radius 3 is 2.62 bits per heavy atom. The van der Waals surface area contributed by atoms with Crippen molar-refractivity contribution in [2.45, 2.75) is 12.8 Å². The lowest BCUT2D eigenvalue weighted by molar-refractivity contribution is 0.0497. The van der Waals surface area contributed by atoms with Crippen LogP contribution in [0.2, 0.25) is 0 Å². The molecular weight excluding hydrogens is 266 g/mol. The van der Waals surface area contributed by atoms with E-state index < -0.39 is 5.97 Å². The van der Waals surface area contributed by atoms with Crippen LogP contribution in [0, 0.1) is 0 Å². The molecule has 0 unspecified atom stereocenters. The van der Waals surface area contributed by atoms with Crippen LogP contribution in [-0.4, -0.2) is 24.7 Å². The number of aromatic hydroxyl groups is 1. The van der Waals surface area contributed by atoms with Gasteiger partial charge < -0.3 is 15.2 Å². The van der Waals surface area contributed by atoms with Crippen LogP contribution >= 0.6 is 0 Å². The summed E-state index contributed by atoms with van der Waals surface area (Å²) in [6.07, 6.45) is 1.61. The van der Waals surface area contributed by atoms with Crippen molar-refractivity contribution in [2.75, 3.05) is 19.0 Å². The number of ether oxygens (including phenoxy) is 1. The standard InChI is InChI=1S/C17H19NO3/c1-18-14-9-10-15(16(19)12-14)17(20)21-11-5-8-13-6-3-2-4-7-13/h2-4,6-7,9-10,12,18-19H,5,8,11H2,1H3. The van der Waals surface area contributed by atoms with Crippen LogP contribution in [0.1, 0.15) is 22.3 Å². The van der Waals surface area contributed by atoms with Crippen molar-refractivity contribution < 1.29 is 14.6 Å². The van der Waals surface area contributed by atoms with Crippen molar-refractivity contribution >= 4 is 11.7 Å². The van der Waals surface area contributed by atoms with Gasteiger partial charge in [0, 0.05) is 18.8 Å². The van der Waals surface area contributed by atoms with E-state index in [1.807, 2.05) is 30.3 Å². The number of hydrogen-bond acceptors (Lipinski definition) is 4. The lowest BCUT2D eigenvalue weighted by Gasteiger charge is -2.08. The second-order valence-corrected chi connectivity index (χ2v) is 4.71. The van der Waals surface area contributed by atoms with Gasteiger partial charge in [0.05, 0.1) is 6.61 Å². The number of aryl methyl sites for hydroxylation is 1. The fourth-order valence-corrected chi connectivity index (χ4v) is 2.02. The molecule has 2 N–H and O–H groups in total. The van der Waals surface area contributed by atoms with Crippen molar-refractivity contribution in [3.63, 3.8) is 0 Å². The van der Waals surface area contributed by atoms with E-state index in [0.717, 1.165) is 18.5 Å². The summed E-state index contributed by atoms with van der Waals surface area (Å²) in [5, 5.41) is 12.7. The van der Waals surface area contributed by atoms with E-state index in [2.05, 4.69) is 5.32 Å². The van der Waals surface area contributed by atoms with Crippen LogP contribution in [0.4, 0.5) is 5.69 Å². The first kappa shape index (κ1) is 14.9. The molecule has 0 atom stereocenters. The summed E-state index contributed by atoms with van der Waals surface area (Å²) in [4.78, 5) is 11.9. The number of hydrogen-bond donors (Lipinski definition) is 2. The van der Waals surface area contributed by atoms with Crippen molar-refractivity contribution in [3.05, 3.63) is 59.7 Å². The predicted octanol–water partition coefficient (Wildman–Crippen LogP) is 3.22. The van der Waals surface area contributed by atoms with E-state index in [0.29, 0.717) is 6.61 Å². The minimum absolute atomic E-state index is 0.0742. The molecule has 2 rings (SSSR count). The summed E-state index contributed by atoms with van der Waals surface area (Å²) >= 11 is 0. The summed E-state index contributed by atoms with van der Waals surface area (Å²) in [6.45, 7) is 0.334. The Labute approximate surface area is 124 Å². The van der Waals surface area contributed by atoms with Crippen LogP contribution in [0.15, 0.2) is 48.5 Å². The largest absolute Gasteiger partial charge is 0.507 e. The number of carbonyl (C=O) groups is 1. The minimum atomic E-state index is -0.497. The Hall–Kier alpha value is -2.49. The number of anilines is 1. The molecule has 0 aliphatic heterocycles. The highest BCUT2D eigenvalue weighted by molar-refractivity contribution is 5.93. The van der Waals surface area contributed by atoms with Gasteiger partial charge in [0.15, 0.2) is 0 Å². The average Bonchev–Trinajstić information content (AvgIpc) is 2.52. The first-order valence-corrected chi connectivity index (χ1v) is 6.92. The number of carbonyl (C=O) groups excluding carboxylic acids is 1. The van der Waals surface area contributed by atoms with Crippen LogP contribution in [-0.2, 0) is 11.2 Å². The van der Waals surface area contributed by atoms with Gasteiger partial charge >= 0.3 is 5.97 Å². The molecular formula is C17H19NO3. The monoisotopic (exact) mass is 285 g/mol. The number of phenols is 1. The molecule has 0 spiro atoms. The molecule has 0 bridgehead atoms. The van der Waals surface area contributed by atoms with Gasteiger partial charge in [-0.1, -0.05) is 30.3 Å². The van der Waals surface area contributed by atoms with Gasteiger partial charge in [-0.3, -0.25) is 0 Å². The fourth-order valence-electron chi connectivity index (χ4n) is 2.02. The first-order chi connectivity index (χ1) is 10.2. The smallest absolute Gasteiger partial charge is 0.341 e. The topological polar surface area (TPSA) is 58.6 Å². The minimum Gasteiger partial charge on any atom is -0.507 e. The Morgan fingerprint density at radius 1 is 1.19 bits per heavy atom. The van der Waals surface area contributed by atoms with Crippen LogP contribution < -0.4 is 5.32 Å². The number of rotatable bonds is 6. The maximum absolute atomic E-state index is 11.9. The SMILES string of the molecule is CNc1ccc(C(=O)OCCCc2ccccc2)c(O)c1. The molecule has 0 amide bonds. The highest BCUT2D eigenvalue weighted by Crippen LogP contribution is 2.22. The molecule has 0 saturated carbocycles. The molecule has 0 aliphatic rings. The van der Waals surface area contributed by atoms with Gasteiger partial charge in [0.25, 0.3) is 0 Å². The van der Waals surface area contributed by atoms with E-state index in [9.17, 15) is 9.90 Å². The summed E-state index contributed by atoms with van der Waals surface area (Å²) in [5.41, 5.74) is 2.15. The number of benzene rings is 2. The Balaban J connectivity index is 1.82. The van der Waals surface area contributed by atoms with Crippen molar-refractivity contribution in [2.24, 2.45) is 0 Å². The van der Waals surface area contributed by atoms with Crippen LogP contribution in [0.25, 0.3) is 0 Å². The highest BCUT2D eigenvalue weighted by Gasteiger charge is 2.12.